The molecular weight excluding hydrogens is 314 g/mol. The minimum atomic E-state index is 0.728. The Kier molecular flexibility index (Phi) is 5.37. The van der Waals surface area contributed by atoms with Crippen LogP contribution in [0.3, 0.4) is 0 Å². The second-order valence-corrected chi connectivity index (χ2v) is 5.83. The van der Waals surface area contributed by atoms with Crippen molar-refractivity contribution in [2.24, 2.45) is 0 Å². The Morgan fingerprint density at radius 1 is 1.56 bits per heavy atom. The fourth-order valence-corrected chi connectivity index (χ4v) is 3.08. The number of methoxy groups -OCH3 is 1. The van der Waals surface area contributed by atoms with Crippen molar-refractivity contribution in [2.45, 2.75) is 13.1 Å². The van der Waals surface area contributed by atoms with E-state index in [4.69, 9.17) is 4.74 Å². The van der Waals surface area contributed by atoms with E-state index in [1.54, 1.807) is 18.4 Å². The number of hydrogen-bond donors (Lipinski definition) is 1. The maximum absolute atomic E-state index is 5.00. The van der Waals surface area contributed by atoms with Crippen LogP contribution >= 0.6 is 27.3 Å². The zero-order chi connectivity index (χ0) is 12.8. The summed E-state index contributed by atoms with van der Waals surface area (Å²) in [5.74, 6) is 0. The number of hydrogen-bond acceptors (Lipinski definition) is 4. The third-order valence-corrected chi connectivity index (χ3v) is 4.22. The van der Waals surface area contributed by atoms with E-state index in [9.17, 15) is 0 Å². The smallest absolute Gasteiger partial charge is 0.0952 e. The van der Waals surface area contributed by atoms with Crippen LogP contribution in [0, 0.1) is 0 Å². The Bertz CT molecular complexity index is 483. The molecule has 2 aromatic rings. The summed E-state index contributed by atoms with van der Waals surface area (Å²) in [7, 11) is 1.71. The van der Waals surface area contributed by atoms with E-state index in [2.05, 4.69) is 42.2 Å². The zero-order valence-electron chi connectivity index (χ0n) is 10.2. The van der Waals surface area contributed by atoms with E-state index in [0.29, 0.717) is 0 Å². The molecule has 0 fully saturated rings. The average Bonchev–Trinajstić information content (AvgIpc) is 2.95. The van der Waals surface area contributed by atoms with Crippen LogP contribution in [0.2, 0.25) is 0 Å². The first-order chi connectivity index (χ1) is 8.79. The molecule has 0 aliphatic heterocycles. The highest BCUT2D eigenvalue weighted by atomic mass is 79.9. The predicted octanol–water partition coefficient (Wildman–Crippen LogP) is 2.49. The molecular formula is C12H16BrN3OS. The van der Waals surface area contributed by atoms with Crippen molar-refractivity contribution in [3.8, 4) is 0 Å². The van der Waals surface area contributed by atoms with Gasteiger partial charge in [0.15, 0.2) is 0 Å². The molecule has 0 radical (unpaired) electrons. The fraction of sp³-hybridized carbons (Fsp3) is 0.417. The Morgan fingerprint density at radius 3 is 3.17 bits per heavy atom. The molecule has 6 heteroatoms. The highest BCUT2D eigenvalue weighted by Gasteiger charge is 2.04. The third-order valence-electron chi connectivity index (χ3n) is 2.54. The molecule has 18 heavy (non-hydrogen) atoms. The number of halogens is 1. The van der Waals surface area contributed by atoms with Crippen LogP contribution in [-0.4, -0.2) is 29.8 Å². The van der Waals surface area contributed by atoms with Crippen molar-refractivity contribution < 1.29 is 4.74 Å². The summed E-state index contributed by atoms with van der Waals surface area (Å²) >= 11 is 5.23. The molecule has 4 nitrogen and oxygen atoms in total. The second kappa shape index (κ2) is 7.04. The summed E-state index contributed by atoms with van der Waals surface area (Å²) in [6.45, 7) is 3.27. The summed E-state index contributed by atoms with van der Waals surface area (Å²) < 4.78 is 8.31. The van der Waals surface area contributed by atoms with Gasteiger partial charge in [-0.3, -0.25) is 0 Å². The van der Waals surface area contributed by atoms with Crippen molar-refractivity contribution in [1.29, 1.82) is 0 Å². The number of nitrogens with zero attached hydrogens (tertiary/aromatic N) is 2. The van der Waals surface area contributed by atoms with E-state index in [-0.39, 0.29) is 0 Å². The molecule has 0 aliphatic carbocycles. The van der Waals surface area contributed by atoms with Gasteiger partial charge in [-0.05, 0) is 22.0 Å². The quantitative estimate of drug-likeness (QED) is 0.793. The monoisotopic (exact) mass is 329 g/mol. The molecule has 0 spiro atoms. The molecule has 1 N–H and O–H groups in total. The van der Waals surface area contributed by atoms with E-state index in [1.807, 2.05) is 12.5 Å². The van der Waals surface area contributed by atoms with Crippen LogP contribution in [0.25, 0.3) is 0 Å². The Hall–Kier alpha value is -0.690. The normalized spacial score (nSPS) is 11.0. The van der Waals surface area contributed by atoms with Gasteiger partial charge in [0.25, 0.3) is 0 Å². The molecule has 98 valence electrons. The van der Waals surface area contributed by atoms with Gasteiger partial charge in [-0.25, -0.2) is 4.98 Å². The minimum absolute atomic E-state index is 0.728. The van der Waals surface area contributed by atoms with Crippen LogP contribution in [0.1, 0.15) is 10.6 Å². The lowest BCUT2D eigenvalue weighted by molar-refractivity contribution is 0.199. The molecule has 0 aliphatic rings. The number of rotatable bonds is 7. The Balaban J connectivity index is 1.91. The molecule has 2 heterocycles. The first kappa shape index (κ1) is 13.7. The van der Waals surface area contributed by atoms with Gasteiger partial charge in [0, 0.05) is 41.1 Å². The summed E-state index contributed by atoms with van der Waals surface area (Å²) in [6, 6.07) is 2.15. The van der Waals surface area contributed by atoms with Gasteiger partial charge in [0.1, 0.15) is 0 Å². The number of thiophene rings is 1. The van der Waals surface area contributed by atoms with Gasteiger partial charge >= 0.3 is 0 Å². The van der Waals surface area contributed by atoms with Crippen LogP contribution in [0.4, 0.5) is 0 Å². The standard InChI is InChI=1S/C12H16BrN3OS/c1-17-3-2-14-5-11-6-15-9-16(11)7-12-4-10(13)8-18-12/h4,6,8-9,14H,2-3,5,7H2,1H3. The lowest BCUT2D eigenvalue weighted by Gasteiger charge is -2.07. The number of ether oxygens (including phenoxy) is 1. The van der Waals surface area contributed by atoms with Gasteiger partial charge < -0.3 is 14.6 Å². The summed E-state index contributed by atoms with van der Waals surface area (Å²) in [4.78, 5) is 5.53. The van der Waals surface area contributed by atoms with Crippen LogP contribution in [-0.2, 0) is 17.8 Å². The predicted molar refractivity (Wildman–Crippen MR) is 76.9 cm³/mol. The maximum atomic E-state index is 5.00. The average molecular weight is 330 g/mol. The molecule has 0 saturated carbocycles. The summed E-state index contributed by atoms with van der Waals surface area (Å²) in [5.41, 5.74) is 1.19. The van der Waals surface area contributed by atoms with Gasteiger partial charge in [-0.15, -0.1) is 11.3 Å². The molecule has 2 aromatic heterocycles. The van der Waals surface area contributed by atoms with Crippen LogP contribution < -0.4 is 5.32 Å². The number of nitrogens with one attached hydrogen (secondary N) is 1. The van der Waals surface area contributed by atoms with E-state index < -0.39 is 0 Å². The van der Waals surface area contributed by atoms with Crippen molar-refractivity contribution in [2.75, 3.05) is 20.3 Å². The molecule has 0 atom stereocenters. The lowest BCUT2D eigenvalue weighted by Crippen LogP contribution is -2.20. The van der Waals surface area contributed by atoms with Gasteiger partial charge in [-0.1, -0.05) is 0 Å². The van der Waals surface area contributed by atoms with Crippen molar-refractivity contribution >= 4 is 27.3 Å². The molecule has 0 unspecified atom stereocenters. The van der Waals surface area contributed by atoms with E-state index in [1.165, 1.54) is 10.6 Å². The third kappa shape index (κ3) is 3.91. The SMILES string of the molecule is COCCNCc1cncn1Cc1cc(Br)cs1. The van der Waals surface area contributed by atoms with Gasteiger partial charge in [0.2, 0.25) is 0 Å². The van der Waals surface area contributed by atoms with Crippen molar-refractivity contribution in [1.82, 2.24) is 14.9 Å². The van der Waals surface area contributed by atoms with Crippen molar-refractivity contribution in [3.63, 3.8) is 0 Å². The molecule has 0 amide bonds. The van der Waals surface area contributed by atoms with E-state index >= 15 is 0 Å². The molecule has 0 aromatic carbocycles. The number of imidazole rings is 1. The summed E-state index contributed by atoms with van der Waals surface area (Å²) in [6.07, 6.45) is 3.78. The van der Waals surface area contributed by atoms with Crippen LogP contribution in [0.15, 0.2) is 28.4 Å². The fourth-order valence-electron chi connectivity index (χ4n) is 1.63. The number of aromatic nitrogens is 2. The first-order valence-corrected chi connectivity index (χ1v) is 7.38. The zero-order valence-corrected chi connectivity index (χ0v) is 12.6. The molecule has 0 bridgehead atoms. The van der Waals surface area contributed by atoms with E-state index in [0.717, 1.165) is 30.7 Å². The Morgan fingerprint density at radius 2 is 2.44 bits per heavy atom. The van der Waals surface area contributed by atoms with Crippen molar-refractivity contribution in [3.05, 3.63) is 39.0 Å². The first-order valence-electron chi connectivity index (χ1n) is 5.71. The van der Waals surface area contributed by atoms with Gasteiger partial charge in [0.05, 0.1) is 25.2 Å². The second-order valence-electron chi connectivity index (χ2n) is 3.91. The molecule has 2 rings (SSSR count). The topological polar surface area (TPSA) is 39.1 Å². The lowest BCUT2D eigenvalue weighted by atomic mass is 10.4. The maximum Gasteiger partial charge on any atom is 0.0952 e. The minimum Gasteiger partial charge on any atom is -0.383 e. The molecule has 0 saturated heterocycles. The highest BCUT2D eigenvalue weighted by Crippen LogP contribution is 2.21. The van der Waals surface area contributed by atoms with Gasteiger partial charge in [-0.2, -0.15) is 0 Å². The largest absolute Gasteiger partial charge is 0.383 e. The highest BCUT2D eigenvalue weighted by molar-refractivity contribution is 9.10. The van der Waals surface area contributed by atoms with Crippen LogP contribution in [0.5, 0.6) is 0 Å². The summed E-state index contributed by atoms with van der Waals surface area (Å²) in [5, 5.41) is 5.43. The Labute approximate surface area is 119 Å².